The van der Waals surface area contributed by atoms with Crippen molar-refractivity contribution in [3.63, 3.8) is 0 Å². The standard InChI is InChI=1S/C8H11N.C6H10N2.C6H9NS.3C2H6/c1-7(2)8-5-3-4-6-9-8;1-6(2)8-5-3-4-7-8;1-5(2)6-7-3-4-8-6;3*1-2/h3-7H,1-2H3;3-6H,1-2H3;3-5H,1-2H3;3*1-2H3. The van der Waals surface area contributed by atoms with E-state index in [1.54, 1.807) is 17.5 Å². The molecular weight excluding hydrogens is 400 g/mol. The molecule has 0 saturated heterocycles. The molecule has 0 aliphatic rings. The van der Waals surface area contributed by atoms with Gasteiger partial charge in [0.2, 0.25) is 0 Å². The highest BCUT2D eigenvalue weighted by Crippen LogP contribution is 2.15. The summed E-state index contributed by atoms with van der Waals surface area (Å²) in [6, 6.07) is 8.42. The van der Waals surface area contributed by atoms with Crippen LogP contribution >= 0.6 is 11.3 Å². The molecule has 3 heterocycles. The fourth-order valence-electron chi connectivity index (χ4n) is 1.82. The van der Waals surface area contributed by atoms with Crippen LogP contribution in [0.15, 0.2) is 54.4 Å². The van der Waals surface area contributed by atoms with Gasteiger partial charge in [-0.25, -0.2) is 4.98 Å². The monoisotopic (exact) mass is 448 g/mol. The fraction of sp³-hybridized carbons (Fsp3) is 0.577. The van der Waals surface area contributed by atoms with Crippen LogP contribution in [0.3, 0.4) is 0 Å². The Balaban J connectivity index is -0.000000338. The van der Waals surface area contributed by atoms with Crippen molar-refractivity contribution in [1.29, 1.82) is 0 Å². The third kappa shape index (κ3) is 18.5. The summed E-state index contributed by atoms with van der Waals surface area (Å²) in [6.07, 6.45) is 7.43. The highest BCUT2D eigenvalue weighted by Gasteiger charge is 1.98. The van der Waals surface area contributed by atoms with E-state index in [1.807, 2.05) is 94.5 Å². The molecule has 0 unspecified atom stereocenters. The molecule has 3 aromatic rings. The fourth-order valence-corrected chi connectivity index (χ4v) is 2.48. The molecule has 3 aromatic heterocycles. The molecule has 0 amide bonds. The maximum atomic E-state index is 4.18. The second-order valence-corrected chi connectivity index (χ2v) is 7.44. The minimum absolute atomic E-state index is 0.491. The first-order valence-corrected chi connectivity index (χ1v) is 12.6. The summed E-state index contributed by atoms with van der Waals surface area (Å²) >= 11 is 1.72. The molecule has 0 saturated carbocycles. The molecule has 4 nitrogen and oxygen atoms in total. The Morgan fingerprint density at radius 2 is 1.32 bits per heavy atom. The van der Waals surface area contributed by atoms with Gasteiger partial charge in [0.05, 0.1) is 5.01 Å². The third-order valence-electron chi connectivity index (χ3n) is 3.28. The lowest BCUT2D eigenvalue weighted by Gasteiger charge is -2.01. The van der Waals surface area contributed by atoms with Crippen LogP contribution in [0.1, 0.15) is 112 Å². The minimum atomic E-state index is 0.491. The van der Waals surface area contributed by atoms with Crippen LogP contribution in [0.2, 0.25) is 0 Å². The molecular formula is C26H48N4S. The summed E-state index contributed by atoms with van der Waals surface area (Å²) in [6.45, 7) is 24.8. The number of thiazole rings is 1. The molecule has 0 fully saturated rings. The molecule has 0 atom stereocenters. The summed E-state index contributed by atoms with van der Waals surface area (Å²) in [5.74, 6) is 1.14. The highest BCUT2D eigenvalue weighted by molar-refractivity contribution is 7.09. The van der Waals surface area contributed by atoms with E-state index in [1.165, 1.54) is 5.01 Å². The quantitative estimate of drug-likeness (QED) is 0.401. The molecule has 178 valence electrons. The van der Waals surface area contributed by atoms with Crippen LogP contribution in [-0.4, -0.2) is 19.7 Å². The van der Waals surface area contributed by atoms with Crippen LogP contribution in [0.4, 0.5) is 0 Å². The van der Waals surface area contributed by atoms with Gasteiger partial charge in [-0.3, -0.25) is 9.67 Å². The maximum absolute atomic E-state index is 4.18. The first-order chi connectivity index (χ1) is 14.9. The van der Waals surface area contributed by atoms with Gasteiger partial charge in [-0.2, -0.15) is 5.10 Å². The number of pyridine rings is 1. The lowest BCUT2D eigenvalue weighted by atomic mass is 10.1. The van der Waals surface area contributed by atoms with Crippen molar-refractivity contribution in [2.24, 2.45) is 0 Å². The van der Waals surface area contributed by atoms with Gasteiger partial charge in [-0.1, -0.05) is 75.3 Å². The van der Waals surface area contributed by atoms with E-state index in [-0.39, 0.29) is 0 Å². The van der Waals surface area contributed by atoms with E-state index in [9.17, 15) is 0 Å². The van der Waals surface area contributed by atoms with E-state index in [0.717, 1.165) is 5.69 Å². The van der Waals surface area contributed by atoms with Gasteiger partial charge in [-0.15, -0.1) is 11.3 Å². The average Bonchev–Trinajstić information content (AvgIpc) is 3.54. The Morgan fingerprint density at radius 1 is 0.710 bits per heavy atom. The number of rotatable bonds is 3. The van der Waals surface area contributed by atoms with E-state index in [4.69, 9.17) is 0 Å². The number of aromatic nitrogens is 4. The maximum Gasteiger partial charge on any atom is 0.0950 e. The molecule has 0 aliphatic carbocycles. The van der Waals surface area contributed by atoms with Crippen LogP contribution < -0.4 is 0 Å². The molecule has 0 aliphatic heterocycles. The summed E-state index contributed by atoms with van der Waals surface area (Å²) in [5.41, 5.74) is 1.16. The molecule has 3 rings (SSSR count). The summed E-state index contributed by atoms with van der Waals surface area (Å²) in [5, 5.41) is 7.27. The zero-order valence-electron chi connectivity index (χ0n) is 22.1. The Kier molecular flexibility index (Phi) is 26.3. The van der Waals surface area contributed by atoms with Crippen LogP contribution in [0, 0.1) is 0 Å². The second kappa shape index (κ2) is 24.3. The average molecular weight is 449 g/mol. The summed E-state index contributed by atoms with van der Waals surface area (Å²) < 4.78 is 1.92. The predicted molar refractivity (Wildman–Crippen MR) is 141 cm³/mol. The van der Waals surface area contributed by atoms with Gasteiger partial charge in [-0.05, 0) is 38.0 Å². The number of nitrogens with zero attached hydrogens (tertiary/aromatic N) is 4. The van der Waals surface area contributed by atoms with E-state index in [0.29, 0.717) is 17.9 Å². The lowest BCUT2D eigenvalue weighted by Crippen LogP contribution is -1.99. The van der Waals surface area contributed by atoms with Gasteiger partial charge in [0.15, 0.2) is 0 Å². The summed E-state index contributed by atoms with van der Waals surface area (Å²) in [4.78, 5) is 8.31. The van der Waals surface area contributed by atoms with Crippen molar-refractivity contribution in [2.45, 2.75) is 101 Å². The zero-order chi connectivity index (χ0) is 24.7. The van der Waals surface area contributed by atoms with E-state index >= 15 is 0 Å². The highest BCUT2D eigenvalue weighted by atomic mass is 32.1. The third-order valence-corrected chi connectivity index (χ3v) is 4.35. The lowest BCUT2D eigenvalue weighted by molar-refractivity contribution is 0.532. The first kappa shape index (κ1) is 33.6. The van der Waals surface area contributed by atoms with Gasteiger partial charge < -0.3 is 0 Å². The van der Waals surface area contributed by atoms with Gasteiger partial charge in [0.25, 0.3) is 0 Å². The molecule has 0 bridgehead atoms. The Labute approximate surface area is 197 Å². The van der Waals surface area contributed by atoms with Crippen molar-refractivity contribution >= 4 is 11.3 Å². The van der Waals surface area contributed by atoms with Gasteiger partial charge in [0, 0.05) is 47.8 Å². The Morgan fingerprint density at radius 3 is 1.55 bits per heavy atom. The van der Waals surface area contributed by atoms with Crippen LogP contribution in [0.5, 0.6) is 0 Å². The van der Waals surface area contributed by atoms with Crippen molar-refractivity contribution in [1.82, 2.24) is 19.7 Å². The van der Waals surface area contributed by atoms with Crippen molar-refractivity contribution < 1.29 is 0 Å². The molecule has 31 heavy (non-hydrogen) atoms. The van der Waals surface area contributed by atoms with E-state index < -0.39 is 0 Å². The molecule has 5 heteroatoms. The normalized spacial score (nSPS) is 8.87. The number of hydrogen-bond acceptors (Lipinski definition) is 4. The number of hydrogen-bond donors (Lipinski definition) is 0. The molecule has 0 aromatic carbocycles. The molecule has 0 N–H and O–H groups in total. The molecule has 0 radical (unpaired) electrons. The largest absolute Gasteiger partial charge is 0.270 e. The predicted octanol–water partition coefficient (Wildman–Crippen LogP) is 9.01. The van der Waals surface area contributed by atoms with Crippen LogP contribution in [-0.2, 0) is 0 Å². The van der Waals surface area contributed by atoms with Gasteiger partial charge in [0.1, 0.15) is 0 Å². The summed E-state index contributed by atoms with van der Waals surface area (Å²) in [7, 11) is 0. The second-order valence-electron chi connectivity index (χ2n) is 6.51. The zero-order valence-corrected chi connectivity index (χ0v) is 22.9. The Hall–Kier alpha value is -2.01. The van der Waals surface area contributed by atoms with Crippen LogP contribution in [0.25, 0.3) is 0 Å². The van der Waals surface area contributed by atoms with Crippen molar-refractivity contribution in [3.8, 4) is 0 Å². The van der Waals surface area contributed by atoms with Crippen molar-refractivity contribution in [2.75, 3.05) is 0 Å². The smallest absolute Gasteiger partial charge is 0.0950 e. The minimum Gasteiger partial charge on any atom is -0.270 e. The van der Waals surface area contributed by atoms with E-state index in [2.05, 4.69) is 56.6 Å². The Bertz CT molecular complexity index is 608. The van der Waals surface area contributed by atoms with Gasteiger partial charge >= 0.3 is 0 Å². The molecule has 0 spiro atoms. The first-order valence-electron chi connectivity index (χ1n) is 11.7. The SMILES string of the molecule is CC.CC.CC.CC(C)c1ccccn1.CC(C)c1nccs1.CC(C)n1cccn1. The topological polar surface area (TPSA) is 43.6 Å². The van der Waals surface area contributed by atoms with Crippen molar-refractivity contribution in [3.05, 3.63) is 65.1 Å².